The van der Waals surface area contributed by atoms with Crippen LogP contribution >= 0.6 is 0 Å². The summed E-state index contributed by atoms with van der Waals surface area (Å²) in [4.78, 5) is 14.6. The van der Waals surface area contributed by atoms with Crippen molar-refractivity contribution in [3.05, 3.63) is 65.5 Å². The van der Waals surface area contributed by atoms with Crippen LogP contribution in [0.5, 0.6) is 5.75 Å². The van der Waals surface area contributed by atoms with Crippen LogP contribution in [0.1, 0.15) is 42.1 Å². The standard InChI is InChI=1S/C23H28FNO4/c1-2-12-23(16-26)15-25(13-11-21(23)27)22(28)17-7-9-19(10-8-17)29-14-18-5-3-4-6-20(18)24/h3-10,21,26-27H,2,11-16H2,1H3/t21-,23+/m1/s1. The van der Waals surface area contributed by atoms with Crippen LogP contribution in [0.3, 0.4) is 0 Å². The van der Waals surface area contributed by atoms with Gasteiger partial charge in [0.05, 0.1) is 12.7 Å². The van der Waals surface area contributed by atoms with Crippen LogP contribution in [0.2, 0.25) is 0 Å². The molecule has 1 aliphatic rings. The number of carbonyl (C=O) groups excluding carboxylic acids is 1. The van der Waals surface area contributed by atoms with Crippen LogP contribution in [0.15, 0.2) is 48.5 Å². The van der Waals surface area contributed by atoms with E-state index in [0.29, 0.717) is 42.8 Å². The van der Waals surface area contributed by atoms with Gasteiger partial charge >= 0.3 is 0 Å². The number of hydrogen-bond acceptors (Lipinski definition) is 4. The fraction of sp³-hybridized carbons (Fsp3) is 0.435. The molecule has 1 heterocycles. The van der Waals surface area contributed by atoms with Crippen molar-refractivity contribution < 1.29 is 24.1 Å². The predicted molar refractivity (Wildman–Crippen MR) is 108 cm³/mol. The molecule has 0 radical (unpaired) electrons. The summed E-state index contributed by atoms with van der Waals surface area (Å²) >= 11 is 0. The van der Waals surface area contributed by atoms with Gasteiger partial charge in [0.25, 0.3) is 5.91 Å². The Kier molecular flexibility index (Phi) is 6.87. The summed E-state index contributed by atoms with van der Waals surface area (Å²) in [5, 5.41) is 20.3. The van der Waals surface area contributed by atoms with Crippen molar-refractivity contribution in [3.8, 4) is 5.75 Å². The molecule has 0 aromatic heterocycles. The third-order valence-corrected chi connectivity index (χ3v) is 5.69. The number of nitrogens with zero attached hydrogens (tertiary/aromatic N) is 1. The number of rotatable bonds is 7. The van der Waals surface area contributed by atoms with Crippen LogP contribution in [0.4, 0.5) is 4.39 Å². The minimum absolute atomic E-state index is 0.111. The van der Waals surface area contributed by atoms with Crippen LogP contribution in [0, 0.1) is 11.2 Å². The molecule has 0 bridgehead atoms. The molecule has 3 rings (SSSR count). The molecule has 2 aromatic carbocycles. The molecule has 29 heavy (non-hydrogen) atoms. The monoisotopic (exact) mass is 401 g/mol. The minimum Gasteiger partial charge on any atom is -0.489 e. The van der Waals surface area contributed by atoms with Gasteiger partial charge in [-0.25, -0.2) is 4.39 Å². The lowest BCUT2D eigenvalue weighted by Crippen LogP contribution is -2.55. The van der Waals surface area contributed by atoms with Gasteiger partial charge in [0.1, 0.15) is 18.2 Å². The highest BCUT2D eigenvalue weighted by atomic mass is 19.1. The summed E-state index contributed by atoms with van der Waals surface area (Å²) in [6, 6.07) is 13.2. The van der Waals surface area contributed by atoms with Crippen molar-refractivity contribution in [2.75, 3.05) is 19.7 Å². The van der Waals surface area contributed by atoms with Gasteiger partial charge in [-0.3, -0.25) is 4.79 Å². The fourth-order valence-corrected chi connectivity index (χ4v) is 3.95. The molecule has 156 valence electrons. The first-order valence-corrected chi connectivity index (χ1v) is 10.0. The Hall–Kier alpha value is -2.44. The van der Waals surface area contributed by atoms with Gasteiger partial charge in [-0.2, -0.15) is 0 Å². The first-order valence-electron chi connectivity index (χ1n) is 10.0. The molecule has 0 spiro atoms. The summed E-state index contributed by atoms with van der Waals surface area (Å²) in [7, 11) is 0. The van der Waals surface area contributed by atoms with E-state index in [9.17, 15) is 19.4 Å². The Morgan fingerprint density at radius 3 is 2.62 bits per heavy atom. The Bertz CT molecular complexity index is 826. The molecule has 6 heteroatoms. The second-order valence-corrected chi connectivity index (χ2v) is 7.71. The second kappa shape index (κ2) is 9.37. The lowest BCUT2D eigenvalue weighted by Gasteiger charge is -2.45. The van der Waals surface area contributed by atoms with E-state index in [1.54, 1.807) is 47.4 Å². The number of amides is 1. The number of aliphatic hydroxyl groups excluding tert-OH is 2. The number of hydrogen-bond donors (Lipinski definition) is 2. The number of likely N-dealkylation sites (tertiary alicyclic amines) is 1. The second-order valence-electron chi connectivity index (χ2n) is 7.71. The summed E-state index contributed by atoms with van der Waals surface area (Å²) in [6.07, 6.45) is 1.34. The van der Waals surface area contributed by atoms with Crippen molar-refractivity contribution >= 4 is 5.91 Å². The third-order valence-electron chi connectivity index (χ3n) is 5.69. The van der Waals surface area contributed by atoms with Crippen molar-refractivity contribution in [2.24, 2.45) is 5.41 Å². The summed E-state index contributed by atoms with van der Waals surface area (Å²) < 4.78 is 19.3. The van der Waals surface area contributed by atoms with Gasteiger partial charge in [0.2, 0.25) is 0 Å². The minimum atomic E-state index is -0.661. The van der Waals surface area contributed by atoms with Gasteiger partial charge in [-0.05, 0) is 43.2 Å². The highest BCUT2D eigenvalue weighted by Crippen LogP contribution is 2.35. The molecule has 1 saturated heterocycles. The van der Waals surface area contributed by atoms with E-state index >= 15 is 0 Å². The van der Waals surface area contributed by atoms with Crippen LogP contribution in [-0.2, 0) is 6.61 Å². The molecular formula is C23H28FNO4. The Labute approximate surface area is 170 Å². The number of halogens is 1. The zero-order valence-electron chi connectivity index (χ0n) is 16.7. The molecule has 1 amide bonds. The maximum absolute atomic E-state index is 13.7. The van der Waals surface area contributed by atoms with Gasteiger partial charge in [-0.15, -0.1) is 0 Å². The average Bonchev–Trinajstić information content (AvgIpc) is 2.75. The molecule has 0 aliphatic carbocycles. The van der Waals surface area contributed by atoms with E-state index in [2.05, 4.69) is 0 Å². The third kappa shape index (κ3) is 4.77. The van der Waals surface area contributed by atoms with Gasteiger partial charge in [0.15, 0.2) is 0 Å². The number of ether oxygens (including phenoxy) is 1. The SMILES string of the molecule is CCC[C@@]1(CO)CN(C(=O)c2ccc(OCc3ccccc3F)cc2)CC[C@H]1O. The normalized spacial score (nSPS) is 21.8. The van der Waals surface area contributed by atoms with Crippen molar-refractivity contribution in [1.82, 2.24) is 4.90 Å². The van der Waals surface area contributed by atoms with E-state index in [1.807, 2.05) is 6.92 Å². The van der Waals surface area contributed by atoms with Crippen LogP contribution in [-0.4, -0.2) is 46.8 Å². The first kappa shape index (κ1) is 21.3. The fourth-order valence-electron chi connectivity index (χ4n) is 3.95. The molecule has 1 aliphatic heterocycles. The van der Waals surface area contributed by atoms with Crippen molar-refractivity contribution in [3.63, 3.8) is 0 Å². The number of benzene rings is 2. The van der Waals surface area contributed by atoms with E-state index in [-0.39, 0.29) is 24.9 Å². The smallest absolute Gasteiger partial charge is 0.253 e. The molecule has 0 saturated carbocycles. The van der Waals surface area contributed by atoms with Crippen LogP contribution in [0.25, 0.3) is 0 Å². The molecular weight excluding hydrogens is 373 g/mol. The Balaban J connectivity index is 1.65. The highest BCUT2D eigenvalue weighted by molar-refractivity contribution is 5.94. The van der Waals surface area contributed by atoms with Gasteiger partial charge in [0, 0.05) is 29.6 Å². The van der Waals surface area contributed by atoms with Crippen LogP contribution < -0.4 is 4.74 Å². The molecule has 2 atom stereocenters. The predicted octanol–water partition coefficient (Wildman–Crippen LogP) is 3.39. The average molecular weight is 401 g/mol. The van der Waals surface area contributed by atoms with E-state index in [4.69, 9.17) is 4.74 Å². The molecule has 2 aromatic rings. The van der Waals surface area contributed by atoms with Crippen molar-refractivity contribution in [1.29, 1.82) is 0 Å². The summed E-state index contributed by atoms with van der Waals surface area (Å²) in [5.41, 5.74) is 0.324. The molecule has 2 N–H and O–H groups in total. The highest BCUT2D eigenvalue weighted by Gasteiger charge is 2.43. The topological polar surface area (TPSA) is 70.0 Å². The Morgan fingerprint density at radius 2 is 1.97 bits per heavy atom. The molecule has 1 fully saturated rings. The quantitative estimate of drug-likeness (QED) is 0.746. The van der Waals surface area contributed by atoms with Gasteiger partial charge < -0.3 is 19.8 Å². The van der Waals surface area contributed by atoms with Gasteiger partial charge in [-0.1, -0.05) is 31.5 Å². The zero-order chi connectivity index (χ0) is 20.9. The number of carbonyl (C=O) groups is 1. The maximum Gasteiger partial charge on any atom is 0.253 e. The van der Waals surface area contributed by atoms with E-state index in [0.717, 1.165) is 6.42 Å². The lowest BCUT2D eigenvalue weighted by atomic mass is 9.74. The summed E-state index contributed by atoms with van der Waals surface area (Å²) in [5.74, 6) is 0.104. The summed E-state index contributed by atoms with van der Waals surface area (Å²) in [6.45, 7) is 2.76. The first-order chi connectivity index (χ1) is 14.0. The molecule has 0 unspecified atom stereocenters. The van der Waals surface area contributed by atoms with Crippen molar-refractivity contribution in [2.45, 2.75) is 38.9 Å². The Morgan fingerprint density at radius 1 is 1.24 bits per heavy atom. The zero-order valence-corrected chi connectivity index (χ0v) is 16.7. The number of aliphatic hydroxyl groups is 2. The molecule has 5 nitrogen and oxygen atoms in total. The largest absolute Gasteiger partial charge is 0.489 e. The lowest BCUT2D eigenvalue weighted by molar-refractivity contribution is -0.0720. The number of piperidine rings is 1. The maximum atomic E-state index is 13.7. The van der Waals surface area contributed by atoms with E-state index < -0.39 is 11.5 Å². The van der Waals surface area contributed by atoms with E-state index in [1.165, 1.54) is 6.07 Å².